The molecule has 0 saturated heterocycles. The zero-order valence-corrected chi connectivity index (χ0v) is 9.05. The lowest BCUT2D eigenvalue weighted by atomic mass is 10.1. The topological polar surface area (TPSA) is 52.1 Å². The van der Waals surface area contributed by atoms with Gasteiger partial charge >= 0.3 is 5.97 Å². The fourth-order valence-corrected chi connectivity index (χ4v) is 1.41. The average molecular weight is 232 g/mol. The average Bonchev–Trinajstić information content (AvgIpc) is 2.39. The standard InChI is InChI=1S/C12H9FN2O2/c1-17-12(16)9-6-10(11(13)15-7-9)8-2-4-14-5-3-8/h2-7H,1H3. The molecular weight excluding hydrogens is 223 g/mol. The van der Waals surface area contributed by atoms with Gasteiger partial charge in [-0.15, -0.1) is 0 Å². The molecule has 0 aromatic carbocycles. The molecule has 0 radical (unpaired) electrons. The molecule has 2 aromatic heterocycles. The van der Waals surface area contributed by atoms with Gasteiger partial charge in [0.1, 0.15) is 0 Å². The molecule has 4 nitrogen and oxygen atoms in total. The van der Waals surface area contributed by atoms with E-state index in [1.54, 1.807) is 24.5 Å². The molecule has 0 bridgehead atoms. The van der Waals surface area contributed by atoms with Gasteiger partial charge in [0.25, 0.3) is 0 Å². The van der Waals surface area contributed by atoms with Crippen molar-refractivity contribution in [1.82, 2.24) is 9.97 Å². The van der Waals surface area contributed by atoms with E-state index in [9.17, 15) is 9.18 Å². The Labute approximate surface area is 97.1 Å². The summed E-state index contributed by atoms with van der Waals surface area (Å²) in [5.74, 6) is -1.18. The molecule has 0 atom stereocenters. The van der Waals surface area contributed by atoms with Crippen molar-refractivity contribution in [2.24, 2.45) is 0 Å². The Bertz CT molecular complexity index is 543. The third kappa shape index (κ3) is 2.28. The van der Waals surface area contributed by atoms with Crippen molar-refractivity contribution >= 4 is 5.97 Å². The van der Waals surface area contributed by atoms with Crippen LogP contribution >= 0.6 is 0 Å². The molecule has 0 N–H and O–H groups in total. The number of rotatable bonds is 2. The number of carbonyl (C=O) groups is 1. The minimum Gasteiger partial charge on any atom is -0.465 e. The molecule has 0 aliphatic carbocycles. The van der Waals surface area contributed by atoms with Crippen LogP contribution in [-0.4, -0.2) is 23.0 Å². The molecule has 2 aromatic rings. The third-order valence-electron chi connectivity index (χ3n) is 2.25. The Balaban J connectivity index is 2.50. The molecule has 0 spiro atoms. The lowest BCUT2D eigenvalue weighted by Crippen LogP contribution is -2.03. The molecule has 0 aliphatic heterocycles. The van der Waals surface area contributed by atoms with Crippen molar-refractivity contribution in [2.75, 3.05) is 7.11 Å². The van der Waals surface area contributed by atoms with Crippen LogP contribution in [0, 0.1) is 5.95 Å². The van der Waals surface area contributed by atoms with E-state index < -0.39 is 11.9 Å². The first-order valence-corrected chi connectivity index (χ1v) is 4.86. The zero-order valence-electron chi connectivity index (χ0n) is 9.05. The fourth-order valence-electron chi connectivity index (χ4n) is 1.41. The van der Waals surface area contributed by atoms with E-state index in [0.29, 0.717) is 5.56 Å². The van der Waals surface area contributed by atoms with Crippen LogP contribution in [0.2, 0.25) is 0 Å². The second-order valence-electron chi connectivity index (χ2n) is 3.29. The molecule has 0 unspecified atom stereocenters. The van der Waals surface area contributed by atoms with Crippen molar-refractivity contribution < 1.29 is 13.9 Å². The van der Waals surface area contributed by atoms with Gasteiger partial charge < -0.3 is 4.74 Å². The minimum atomic E-state index is -0.635. The first-order valence-electron chi connectivity index (χ1n) is 4.86. The molecule has 0 saturated carbocycles. The van der Waals surface area contributed by atoms with Crippen LogP contribution in [-0.2, 0) is 4.74 Å². The van der Waals surface area contributed by atoms with Crippen molar-refractivity contribution in [1.29, 1.82) is 0 Å². The normalized spacial score (nSPS) is 10.0. The third-order valence-corrected chi connectivity index (χ3v) is 2.25. The van der Waals surface area contributed by atoms with E-state index in [2.05, 4.69) is 14.7 Å². The van der Waals surface area contributed by atoms with Gasteiger partial charge in [-0.25, -0.2) is 9.78 Å². The predicted octanol–water partition coefficient (Wildman–Crippen LogP) is 2.07. The first-order chi connectivity index (χ1) is 8.22. The molecule has 5 heteroatoms. The molecule has 17 heavy (non-hydrogen) atoms. The Hall–Kier alpha value is -2.30. The quantitative estimate of drug-likeness (QED) is 0.587. The van der Waals surface area contributed by atoms with Gasteiger partial charge in [-0.1, -0.05) is 0 Å². The van der Waals surface area contributed by atoms with Gasteiger partial charge in [-0.2, -0.15) is 4.39 Å². The summed E-state index contributed by atoms with van der Waals surface area (Å²) in [5.41, 5.74) is 1.06. The summed E-state index contributed by atoms with van der Waals surface area (Å²) >= 11 is 0. The number of nitrogens with zero attached hydrogens (tertiary/aromatic N) is 2. The van der Waals surface area contributed by atoms with Crippen molar-refractivity contribution in [3.8, 4) is 11.1 Å². The maximum atomic E-state index is 13.5. The van der Waals surface area contributed by atoms with E-state index in [1.165, 1.54) is 13.2 Å². The van der Waals surface area contributed by atoms with E-state index in [-0.39, 0.29) is 11.1 Å². The second-order valence-corrected chi connectivity index (χ2v) is 3.29. The summed E-state index contributed by atoms with van der Waals surface area (Å²) in [6.45, 7) is 0. The zero-order chi connectivity index (χ0) is 12.3. The maximum Gasteiger partial charge on any atom is 0.339 e. The minimum absolute atomic E-state index is 0.209. The Morgan fingerprint density at radius 1 is 1.35 bits per heavy atom. The van der Waals surface area contributed by atoms with Crippen LogP contribution in [0.25, 0.3) is 11.1 Å². The number of ether oxygens (including phenoxy) is 1. The van der Waals surface area contributed by atoms with Crippen LogP contribution in [0.15, 0.2) is 36.8 Å². The lowest BCUT2D eigenvalue weighted by molar-refractivity contribution is 0.0600. The first kappa shape index (κ1) is 11.2. The van der Waals surface area contributed by atoms with E-state index in [1.807, 2.05) is 0 Å². The highest BCUT2D eigenvalue weighted by molar-refractivity contribution is 5.90. The summed E-state index contributed by atoms with van der Waals surface area (Å²) < 4.78 is 18.1. The number of halogens is 1. The summed E-state index contributed by atoms with van der Waals surface area (Å²) in [6.07, 6.45) is 4.23. The highest BCUT2D eigenvalue weighted by Crippen LogP contribution is 2.21. The van der Waals surface area contributed by atoms with E-state index >= 15 is 0 Å². The lowest BCUT2D eigenvalue weighted by Gasteiger charge is -2.04. The summed E-state index contributed by atoms with van der Waals surface area (Å²) in [6, 6.07) is 4.69. The summed E-state index contributed by atoms with van der Waals surface area (Å²) in [4.78, 5) is 18.7. The number of aromatic nitrogens is 2. The largest absolute Gasteiger partial charge is 0.465 e. The highest BCUT2D eigenvalue weighted by Gasteiger charge is 2.12. The van der Waals surface area contributed by atoms with Crippen molar-refractivity contribution in [3.05, 3.63) is 48.3 Å². The molecule has 0 fully saturated rings. The number of hydrogen-bond acceptors (Lipinski definition) is 4. The maximum absolute atomic E-state index is 13.5. The van der Waals surface area contributed by atoms with Gasteiger partial charge in [0.15, 0.2) is 0 Å². The van der Waals surface area contributed by atoms with Crippen LogP contribution in [0.5, 0.6) is 0 Å². The van der Waals surface area contributed by atoms with Crippen LogP contribution in [0.1, 0.15) is 10.4 Å². The highest BCUT2D eigenvalue weighted by atomic mass is 19.1. The van der Waals surface area contributed by atoms with Crippen molar-refractivity contribution in [2.45, 2.75) is 0 Å². The van der Waals surface area contributed by atoms with Gasteiger partial charge in [0.05, 0.1) is 12.7 Å². The number of pyridine rings is 2. The summed E-state index contributed by atoms with van der Waals surface area (Å²) in [7, 11) is 1.26. The number of methoxy groups -OCH3 is 1. The molecule has 2 heterocycles. The fraction of sp³-hybridized carbons (Fsp3) is 0.0833. The molecule has 0 aliphatic rings. The monoisotopic (exact) mass is 232 g/mol. The predicted molar refractivity (Wildman–Crippen MR) is 58.8 cm³/mol. The molecule has 2 rings (SSSR count). The van der Waals surface area contributed by atoms with Gasteiger partial charge in [0.2, 0.25) is 5.95 Å². The van der Waals surface area contributed by atoms with E-state index in [4.69, 9.17) is 0 Å². The van der Waals surface area contributed by atoms with Gasteiger partial charge in [-0.3, -0.25) is 4.98 Å². The molecule has 86 valence electrons. The van der Waals surface area contributed by atoms with Crippen LogP contribution in [0.4, 0.5) is 4.39 Å². The number of esters is 1. The second kappa shape index (κ2) is 4.69. The van der Waals surface area contributed by atoms with Crippen LogP contribution in [0.3, 0.4) is 0 Å². The number of hydrogen-bond donors (Lipinski definition) is 0. The Morgan fingerprint density at radius 3 is 2.71 bits per heavy atom. The van der Waals surface area contributed by atoms with Gasteiger partial charge in [-0.05, 0) is 23.8 Å². The SMILES string of the molecule is COC(=O)c1cnc(F)c(-c2ccncc2)c1. The summed E-state index contributed by atoms with van der Waals surface area (Å²) in [5, 5.41) is 0. The van der Waals surface area contributed by atoms with Gasteiger partial charge in [0, 0.05) is 24.2 Å². The molecule has 0 amide bonds. The Morgan fingerprint density at radius 2 is 2.06 bits per heavy atom. The number of carbonyl (C=O) groups excluding carboxylic acids is 1. The Kier molecular flexibility index (Phi) is 3.09. The van der Waals surface area contributed by atoms with Crippen molar-refractivity contribution in [3.63, 3.8) is 0 Å². The van der Waals surface area contributed by atoms with E-state index in [0.717, 1.165) is 6.20 Å². The smallest absolute Gasteiger partial charge is 0.339 e. The van der Waals surface area contributed by atoms with Crippen LogP contribution < -0.4 is 0 Å². The molecular formula is C12H9FN2O2.